The van der Waals surface area contributed by atoms with Gasteiger partial charge in [0.05, 0.1) is 16.9 Å². The van der Waals surface area contributed by atoms with Gasteiger partial charge in [0.15, 0.2) is 11.6 Å². The van der Waals surface area contributed by atoms with Crippen molar-refractivity contribution in [1.82, 2.24) is 4.72 Å². The summed E-state index contributed by atoms with van der Waals surface area (Å²) in [6.45, 7) is -0.00124. The number of ether oxygens (including phenoxy) is 2. The minimum Gasteiger partial charge on any atom is -0.464 e. The van der Waals surface area contributed by atoms with Crippen LogP contribution in [-0.2, 0) is 19.6 Å². The number of alkyl halides is 1. The van der Waals surface area contributed by atoms with Gasteiger partial charge in [0.25, 0.3) is 5.69 Å². The van der Waals surface area contributed by atoms with E-state index in [1.54, 1.807) is 0 Å². The topological polar surface area (TPSA) is 125 Å². The average molecular weight is 462 g/mol. The summed E-state index contributed by atoms with van der Waals surface area (Å²) in [4.78, 5) is 21.2. The van der Waals surface area contributed by atoms with Gasteiger partial charge >= 0.3 is 12.3 Å². The predicted octanol–water partition coefficient (Wildman–Crippen LogP) is 2.65. The summed E-state index contributed by atoms with van der Waals surface area (Å²) in [5.41, 5.74) is -0.232. The molecule has 1 atom stereocenters. The molecule has 13 heteroatoms. The van der Waals surface area contributed by atoms with Crippen molar-refractivity contribution in [3.05, 3.63) is 58.4 Å². The van der Waals surface area contributed by atoms with E-state index in [-0.39, 0.29) is 22.9 Å². The van der Waals surface area contributed by atoms with Gasteiger partial charge in [-0.2, -0.15) is 4.39 Å². The molecule has 0 amide bonds. The van der Waals surface area contributed by atoms with Crippen molar-refractivity contribution in [1.29, 1.82) is 0 Å². The number of sulfonamides is 1. The number of esters is 1. The molecule has 30 heavy (non-hydrogen) atoms. The first-order valence-corrected chi connectivity index (χ1v) is 10.7. The van der Waals surface area contributed by atoms with Crippen LogP contribution in [0.25, 0.3) is 0 Å². The van der Waals surface area contributed by atoms with Crippen LogP contribution in [0.1, 0.15) is 0 Å². The Balaban J connectivity index is 1.88. The largest absolute Gasteiger partial charge is 0.464 e. The third-order valence-corrected chi connectivity index (χ3v) is 6.01. The number of hydrogen-bond donors (Lipinski definition) is 1. The SMILES string of the molecule is COC(=O)C(F)Oc1ccc(SCCNS(=O)(=O)c2ccc([N+](=O)[O-])cc2)cc1F. The summed E-state index contributed by atoms with van der Waals surface area (Å²) in [5.74, 6) is -2.44. The number of nitrogens with one attached hydrogen (secondary N) is 1. The number of hydrogen-bond acceptors (Lipinski definition) is 8. The Labute approximate surface area is 174 Å². The Kier molecular flexibility index (Phi) is 8.08. The molecule has 1 N–H and O–H groups in total. The molecule has 162 valence electrons. The van der Waals surface area contributed by atoms with Crippen molar-refractivity contribution >= 4 is 33.4 Å². The third kappa shape index (κ3) is 6.37. The average Bonchev–Trinajstić information content (AvgIpc) is 2.72. The first-order valence-electron chi connectivity index (χ1n) is 8.19. The van der Waals surface area contributed by atoms with Crippen LogP contribution in [0.2, 0.25) is 0 Å². The molecule has 1 unspecified atom stereocenters. The summed E-state index contributed by atoms with van der Waals surface area (Å²) in [6.07, 6.45) is -2.46. The smallest absolute Gasteiger partial charge is 0.380 e. The highest BCUT2D eigenvalue weighted by molar-refractivity contribution is 7.99. The lowest BCUT2D eigenvalue weighted by atomic mass is 10.3. The van der Waals surface area contributed by atoms with E-state index < -0.39 is 38.8 Å². The Morgan fingerprint density at radius 3 is 2.50 bits per heavy atom. The van der Waals surface area contributed by atoms with Crippen LogP contribution in [0.5, 0.6) is 5.75 Å². The Bertz CT molecular complexity index is 1020. The van der Waals surface area contributed by atoms with Gasteiger partial charge in [-0.05, 0) is 30.3 Å². The molecule has 0 heterocycles. The van der Waals surface area contributed by atoms with Crippen molar-refractivity contribution in [3.8, 4) is 5.75 Å². The molecule has 0 bridgehead atoms. The maximum absolute atomic E-state index is 14.0. The molecule has 0 aliphatic heterocycles. The fraction of sp³-hybridized carbons (Fsp3) is 0.235. The minimum atomic E-state index is -3.86. The second-order valence-corrected chi connectivity index (χ2v) is 8.48. The van der Waals surface area contributed by atoms with Gasteiger partial charge in [-0.3, -0.25) is 10.1 Å². The summed E-state index contributed by atoms with van der Waals surface area (Å²) in [5, 5.41) is 10.6. The molecule has 0 aliphatic rings. The number of carbonyl (C=O) groups excluding carboxylic acids is 1. The molecule has 0 spiro atoms. The van der Waals surface area contributed by atoms with Gasteiger partial charge in [-0.15, -0.1) is 11.8 Å². The van der Waals surface area contributed by atoms with Crippen LogP contribution in [-0.4, -0.2) is 45.1 Å². The molecule has 0 aliphatic carbocycles. The highest BCUT2D eigenvalue weighted by atomic mass is 32.2. The van der Waals surface area contributed by atoms with Crippen LogP contribution in [0.4, 0.5) is 14.5 Å². The van der Waals surface area contributed by atoms with Crippen LogP contribution >= 0.6 is 11.8 Å². The lowest BCUT2D eigenvalue weighted by molar-refractivity contribution is -0.384. The number of halogens is 2. The summed E-state index contributed by atoms with van der Waals surface area (Å²) in [6, 6.07) is 8.00. The quantitative estimate of drug-likeness (QED) is 0.188. The van der Waals surface area contributed by atoms with Crippen LogP contribution in [0, 0.1) is 15.9 Å². The van der Waals surface area contributed by atoms with E-state index in [4.69, 9.17) is 0 Å². The van der Waals surface area contributed by atoms with Crippen LogP contribution < -0.4 is 9.46 Å². The van der Waals surface area contributed by atoms with Crippen molar-refractivity contribution in [3.63, 3.8) is 0 Å². The lowest BCUT2D eigenvalue weighted by Gasteiger charge is -2.11. The summed E-state index contributed by atoms with van der Waals surface area (Å²) in [7, 11) is -2.90. The maximum Gasteiger partial charge on any atom is 0.380 e. The normalized spacial score (nSPS) is 12.2. The van der Waals surface area contributed by atoms with E-state index in [1.807, 2.05) is 0 Å². The molecule has 2 aromatic rings. The van der Waals surface area contributed by atoms with E-state index in [9.17, 15) is 32.1 Å². The van der Waals surface area contributed by atoms with Gasteiger partial charge in [0.1, 0.15) is 0 Å². The van der Waals surface area contributed by atoms with Gasteiger partial charge in [0.2, 0.25) is 10.0 Å². The number of benzene rings is 2. The molecular formula is C17H16F2N2O7S2. The molecule has 9 nitrogen and oxygen atoms in total. The highest BCUT2D eigenvalue weighted by Gasteiger charge is 2.21. The monoisotopic (exact) mass is 462 g/mol. The predicted molar refractivity (Wildman–Crippen MR) is 103 cm³/mol. The van der Waals surface area contributed by atoms with Crippen LogP contribution in [0.15, 0.2) is 52.3 Å². The highest BCUT2D eigenvalue weighted by Crippen LogP contribution is 2.26. The minimum absolute atomic E-state index is 0.00124. The number of methoxy groups -OCH3 is 1. The fourth-order valence-electron chi connectivity index (χ4n) is 2.09. The van der Waals surface area contributed by atoms with Gasteiger partial charge in [-0.25, -0.2) is 22.3 Å². The summed E-state index contributed by atoms with van der Waals surface area (Å²) >= 11 is 1.12. The van der Waals surface area contributed by atoms with Crippen LogP contribution in [0.3, 0.4) is 0 Å². The number of non-ortho nitro benzene ring substituents is 1. The van der Waals surface area contributed by atoms with Crippen molar-refractivity contribution in [2.75, 3.05) is 19.4 Å². The van der Waals surface area contributed by atoms with E-state index in [2.05, 4.69) is 14.2 Å². The zero-order valence-electron chi connectivity index (χ0n) is 15.4. The molecule has 2 aromatic carbocycles. The standard InChI is InChI=1S/C17H16F2N2O7S2/c1-27-17(22)16(19)28-15-7-4-12(10-14(15)18)29-9-8-20-30(25,26)13-5-2-11(3-6-13)21(23)24/h2-7,10,16,20H,8-9H2,1H3. The van der Waals surface area contributed by atoms with Crippen molar-refractivity contribution in [2.45, 2.75) is 16.1 Å². The zero-order valence-corrected chi connectivity index (χ0v) is 17.0. The van der Waals surface area contributed by atoms with Gasteiger partial charge in [0, 0.05) is 29.3 Å². The van der Waals surface area contributed by atoms with Crippen molar-refractivity contribution in [2.24, 2.45) is 0 Å². The molecule has 0 saturated carbocycles. The van der Waals surface area contributed by atoms with E-state index in [1.165, 1.54) is 6.07 Å². The molecule has 0 radical (unpaired) electrons. The lowest BCUT2D eigenvalue weighted by Crippen LogP contribution is -2.26. The van der Waals surface area contributed by atoms with E-state index in [0.29, 0.717) is 4.90 Å². The van der Waals surface area contributed by atoms with Gasteiger partial charge in [-0.1, -0.05) is 0 Å². The number of rotatable bonds is 10. The first kappa shape index (κ1) is 23.5. The number of carbonyl (C=O) groups is 1. The maximum atomic E-state index is 14.0. The van der Waals surface area contributed by atoms with Crippen molar-refractivity contribution < 1.29 is 36.4 Å². The Morgan fingerprint density at radius 2 is 1.93 bits per heavy atom. The van der Waals surface area contributed by atoms with Gasteiger partial charge < -0.3 is 9.47 Å². The summed E-state index contributed by atoms with van der Waals surface area (Å²) < 4.78 is 62.7. The molecule has 0 fully saturated rings. The molecule has 0 aromatic heterocycles. The zero-order chi connectivity index (χ0) is 22.3. The Morgan fingerprint density at radius 1 is 1.27 bits per heavy atom. The molecule has 2 rings (SSSR count). The number of thioether (sulfide) groups is 1. The van der Waals surface area contributed by atoms with E-state index in [0.717, 1.165) is 55.3 Å². The number of nitro groups is 1. The fourth-order valence-corrected chi connectivity index (χ4v) is 4.05. The molecular weight excluding hydrogens is 446 g/mol. The number of nitro benzene ring substituents is 1. The number of nitrogens with zero attached hydrogens (tertiary/aromatic N) is 1. The Hall–Kier alpha value is -2.77. The van der Waals surface area contributed by atoms with E-state index >= 15 is 0 Å². The second-order valence-electron chi connectivity index (χ2n) is 5.55. The molecule has 0 saturated heterocycles. The third-order valence-electron chi connectivity index (χ3n) is 3.54. The first-order chi connectivity index (χ1) is 14.1. The second kappa shape index (κ2) is 10.3.